The zero-order valence-corrected chi connectivity index (χ0v) is 31.3. The van der Waals surface area contributed by atoms with Gasteiger partial charge in [0.25, 0.3) is 0 Å². The molecule has 1 saturated carbocycles. The van der Waals surface area contributed by atoms with E-state index in [-0.39, 0.29) is 16.6 Å². The summed E-state index contributed by atoms with van der Waals surface area (Å²) in [5.74, 6) is 1.40. The molecule has 222 valence electrons. The topological polar surface area (TPSA) is 29.5 Å². The SMILES string of the molecule is C/C=C/[C@H](O[Si](C)(C)C(C)(C)C)C(C)(C)[C@@H](O)C/C=C\[C@H]1C[C@H]1/C=[CH]/[Sn]([CH2]CCC)([CH2]CCC)[CH2]CCC. The minimum atomic E-state index is -2.18. The van der Waals surface area contributed by atoms with E-state index in [4.69, 9.17) is 4.43 Å². The summed E-state index contributed by atoms with van der Waals surface area (Å²) in [7, 11) is -1.94. The molecule has 0 amide bonds. The van der Waals surface area contributed by atoms with Crippen LogP contribution in [0, 0.1) is 17.3 Å². The molecule has 1 N–H and O–H groups in total. The van der Waals surface area contributed by atoms with Gasteiger partial charge < -0.3 is 0 Å². The molecule has 2 nitrogen and oxygen atoms in total. The van der Waals surface area contributed by atoms with Crippen molar-refractivity contribution >= 4 is 26.7 Å². The van der Waals surface area contributed by atoms with E-state index in [9.17, 15) is 5.11 Å². The van der Waals surface area contributed by atoms with Gasteiger partial charge in [0.15, 0.2) is 0 Å². The molecular weight excluding hydrogens is 587 g/mol. The van der Waals surface area contributed by atoms with Crippen LogP contribution in [0.2, 0.25) is 31.4 Å². The van der Waals surface area contributed by atoms with Gasteiger partial charge in [0, 0.05) is 0 Å². The van der Waals surface area contributed by atoms with E-state index in [0.29, 0.717) is 12.3 Å². The van der Waals surface area contributed by atoms with E-state index in [1.54, 1.807) is 13.3 Å². The van der Waals surface area contributed by atoms with Crippen molar-refractivity contribution in [1.29, 1.82) is 0 Å². The fraction of sp³-hybridized carbons (Fsp3) is 0.824. The van der Waals surface area contributed by atoms with Crippen molar-refractivity contribution in [2.24, 2.45) is 17.3 Å². The first kappa shape index (κ1) is 36.2. The number of aliphatic hydroxyl groups excluding tert-OH is 1. The standard InChI is InChI=1S/C22H39O2Si.3C4H9.Sn/c1-10-13-20(24-25(8,9)21(3,4)5)22(6,7)19(23)15-12-14-18-16-17(18)11-2;3*1-3-4-2;/h2,10-14,17-20,23H,15-16H2,1,3-9H3;3*1,3-4H2,2H3;/b11-2?,13-10+,14-12-;;;;/t17-,18+,19+,20+;;;;/m1..../s1. The van der Waals surface area contributed by atoms with Crippen molar-refractivity contribution in [2.75, 3.05) is 0 Å². The zero-order chi connectivity index (χ0) is 29.0. The number of aliphatic hydroxyl groups is 1. The zero-order valence-electron chi connectivity index (χ0n) is 27.4. The molecule has 0 heterocycles. The van der Waals surface area contributed by atoms with E-state index in [0.717, 1.165) is 5.92 Å². The van der Waals surface area contributed by atoms with Crippen LogP contribution >= 0.6 is 0 Å². The van der Waals surface area contributed by atoms with E-state index >= 15 is 0 Å². The Morgan fingerprint density at radius 2 is 1.39 bits per heavy atom. The van der Waals surface area contributed by atoms with Crippen LogP contribution in [0.15, 0.2) is 34.5 Å². The van der Waals surface area contributed by atoms with Crippen LogP contribution in [0.25, 0.3) is 0 Å². The van der Waals surface area contributed by atoms with Gasteiger partial charge in [0.1, 0.15) is 0 Å². The van der Waals surface area contributed by atoms with Gasteiger partial charge in [-0.2, -0.15) is 0 Å². The van der Waals surface area contributed by atoms with Gasteiger partial charge >= 0.3 is 199 Å². The second-order valence-corrected chi connectivity index (χ2v) is 32.2. The van der Waals surface area contributed by atoms with Crippen molar-refractivity contribution in [1.82, 2.24) is 0 Å². The van der Waals surface area contributed by atoms with Gasteiger partial charge in [-0.1, -0.05) is 20.8 Å². The van der Waals surface area contributed by atoms with Crippen LogP contribution in [0.1, 0.15) is 114 Å². The van der Waals surface area contributed by atoms with Gasteiger partial charge in [-0.05, 0) is 25.1 Å². The van der Waals surface area contributed by atoms with Crippen LogP contribution in [-0.2, 0) is 4.43 Å². The Hall–Kier alpha value is 0.156. The average molecular weight is 654 g/mol. The number of rotatable bonds is 19. The van der Waals surface area contributed by atoms with Crippen molar-refractivity contribution in [2.45, 2.75) is 157 Å². The molecule has 0 aliphatic heterocycles. The third-order valence-electron chi connectivity index (χ3n) is 9.60. The van der Waals surface area contributed by atoms with Crippen LogP contribution in [0.5, 0.6) is 0 Å². The number of unbranched alkanes of at least 4 members (excludes halogenated alkanes) is 3. The van der Waals surface area contributed by atoms with Crippen molar-refractivity contribution < 1.29 is 9.53 Å². The molecule has 0 spiro atoms. The second-order valence-electron chi connectivity index (χ2n) is 14.4. The van der Waals surface area contributed by atoms with Gasteiger partial charge in [-0.3, -0.25) is 0 Å². The Balaban J connectivity index is 2.82. The van der Waals surface area contributed by atoms with E-state index < -0.39 is 32.8 Å². The van der Waals surface area contributed by atoms with Gasteiger partial charge in [-0.15, -0.1) is 0 Å². The summed E-state index contributed by atoms with van der Waals surface area (Å²) in [5, 5.41) is 11.4. The molecule has 0 radical (unpaired) electrons. The molecule has 1 fully saturated rings. The molecule has 0 aromatic heterocycles. The molecule has 1 rings (SSSR count). The van der Waals surface area contributed by atoms with Crippen LogP contribution in [-0.4, -0.2) is 44.0 Å². The predicted molar refractivity (Wildman–Crippen MR) is 176 cm³/mol. The molecule has 4 atom stereocenters. The molecule has 4 heteroatoms. The summed E-state index contributed by atoms with van der Waals surface area (Å²) in [6.45, 7) is 24.9. The van der Waals surface area contributed by atoms with E-state index in [1.165, 1.54) is 44.9 Å². The van der Waals surface area contributed by atoms with E-state index in [1.807, 2.05) is 0 Å². The van der Waals surface area contributed by atoms with Crippen molar-refractivity contribution in [3.8, 4) is 0 Å². The predicted octanol–water partition coefficient (Wildman–Crippen LogP) is 10.9. The summed E-state index contributed by atoms with van der Waals surface area (Å²) in [6, 6.07) is 0. The molecule has 0 aromatic carbocycles. The Bertz CT molecular complexity index is 724. The molecule has 0 aromatic rings. The normalized spacial score (nSPS) is 21.2. The maximum absolute atomic E-state index is 11.3. The fourth-order valence-corrected chi connectivity index (χ4v) is 21.1. The number of hydrogen-bond donors (Lipinski definition) is 1. The summed E-state index contributed by atoms with van der Waals surface area (Å²) >= 11 is -2.18. The molecule has 1 aliphatic carbocycles. The second kappa shape index (κ2) is 16.6. The van der Waals surface area contributed by atoms with Crippen molar-refractivity contribution in [3.63, 3.8) is 0 Å². The molecular formula is C34H66O2SiSn. The quantitative estimate of drug-likeness (QED) is 0.111. The average Bonchev–Trinajstić information content (AvgIpc) is 3.60. The number of hydrogen-bond acceptors (Lipinski definition) is 2. The van der Waals surface area contributed by atoms with Crippen LogP contribution in [0.4, 0.5) is 0 Å². The third-order valence-corrected chi connectivity index (χ3v) is 28.2. The molecule has 0 bridgehead atoms. The first-order valence-electron chi connectivity index (χ1n) is 16.0. The first-order valence-corrected chi connectivity index (χ1v) is 26.7. The van der Waals surface area contributed by atoms with Gasteiger partial charge in [0.05, 0.1) is 0 Å². The summed E-state index contributed by atoms with van der Waals surface area (Å²) < 4.78 is 14.3. The van der Waals surface area contributed by atoms with Crippen molar-refractivity contribution in [3.05, 3.63) is 34.5 Å². The molecule has 1 aliphatic rings. The Morgan fingerprint density at radius 1 is 0.895 bits per heavy atom. The third kappa shape index (κ3) is 11.6. The van der Waals surface area contributed by atoms with Gasteiger partial charge in [-0.25, -0.2) is 0 Å². The summed E-state index contributed by atoms with van der Waals surface area (Å²) in [6.07, 6.45) is 21.3. The van der Waals surface area contributed by atoms with Crippen LogP contribution < -0.4 is 0 Å². The Labute approximate surface area is 244 Å². The first-order chi connectivity index (χ1) is 17.7. The Morgan fingerprint density at radius 3 is 1.84 bits per heavy atom. The summed E-state index contributed by atoms with van der Waals surface area (Å²) in [4.78, 5) is 0. The Kier molecular flexibility index (Phi) is 15.8. The van der Waals surface area contributed by atoms with Gasteiger partial charge in [0.2, 0.25) is 0 Å². The monoisotopic (exact) mass is 654 g/mol. The minimum absolute atomic E-state index is 0.0802. The molecule has 38 heavy (non-hydrogen) atoms. The van der Waals surface area contributed by atoms with E-state index in [2.05, 4.69) is 110 Å². The molecule has 0 saturated heterocycles. The molecule has 0 unspecified atom stereocenters. The fourth-order valence-electron chi connectivity index (χ4n) is 5.20. The summed E-state index contributed by atoms with van der Waals surface area (Å²) in [5.41, 5.74) is -0.346. The van der Waals surface area contributed by atoms with Crippen LogP contribution in [0.3, 0.4) is 0 Å². The number of allylic oxidation sites excluding steroid dienone is 3. The maximum atomic E-state index is 11.3.